The van der Waals surface area contributed by atoms with Crippen molar-refractivity contribution in [2.75, 3.05) is 31.6 Å². The summed E-state index contributed by atoms with van der Waals surface area (Å²) in [6.45, 7) is 4.20. The number of benzene rings is 1. The van der Waals surface area contributed by atoms with Crippen LogP contribution in [0.15, 0.2) is 24.7 Å². The number of β-amino-alcohol motifs (C(OH)–C–C–N with tert-alkyl or cyclic N) is 1. The van der Waals surface area contributed by atoms with E-state index in [1.165, 1.54) is 10.4 Å². The predicted octanol–water partition coefficient (Wildman–Crippen LogP) is 2.18. The number of nitrogens with zero attached hydrogens (tertiary/aromatic N) is 4. The molecule has 0 saturated carbocycles. The number of hydroxylamine groups is 1. The molecule has 35 heavy (non-hydrogen) atoms. The number of H-pyrrole nitrogens is 1. The lowest BCUT2D eigenvalue weighted by molar-refractivity contribution is -0.973. The molecule has 3 aromatic heterocycles. The Hall–Kier alpha value is -2.83. The Morgan fingerprint density at radius 1 is 1.34 bits per heavy atom. The van der Waals surface area contributed by atoms with Crippen molar-refractivity contribution in [1.29, 1.82) is 0 Å². The molecular weight excluding hydrogens is 466 g/mol. The molecule has 4 N–H and O–H groups in total. The van der Waals surface area contributed by atoms with Gasteiger partial charge in [0.05, 0.1) is 55.1 Å². The number of rotatable bonds is 7. The van der Waals surface area contributed by atoms with Crippen LogP contribution in [-0.2, 0) is 12.8 Å². The molecule has 0 spiro atoms. The molecule has 3 atom stereocenters. The van der Waals surface area contributed by atoms with Gasteiger partial charge in [-0.3, -0.25) is 10.3 Å². The summed E-state index contributed by atoms with van der Waals surface area (Å²) in [7, 11) is 0. The summed E-state index contributed by atoms with van der Waals surface area (Å²) in [5.41, 5.74) is 3.05. The molecule has 1 aliphatic heterocycles. The molecule has 1 fully saturated rings. The standard InChI is InChI=1S/C24H29N7O3S/c1-2-34-20-9-18-15(10-27-29-18)8-19(20)28-23-22-17-4-3-14(7-21(17)35-24(22)26-13-25-23)11-31(33)30-6-5-16(32)12-30/h8-10,13-14,16,31-32H,2-7,11-12H2,1H3,(H,27,29)(H,25,26,28)/t14?,16-/m1/s1. The number of thiophene rings is 1. The van der Waals surface area contributed by atoms with Gasteiger partial charge in [0, 0.05) is 22.2 Å². The van der Waals surface area contributed by atoms with E-state index in [2.05, 4.69) is 25.5 Å². The second-order valence-corrected chi connectivity index (χ2v) is 10.4. The van der Waals surface area contributed by atoms with Crippen LogP contribution in [0.1, 0.15) is 30.2 Å². The number of aromatic amines is 1. The maximum absolute atomic E-state index is 12.7. The summed E-state index contributed by atoms with van der Waals surface area (Å²) < 4.78 is 5.89. The quantitative estimate of drug-likeness (QED) is 0.288. The summed E-state index contributed by atoms with van der Waals surface area (Å²) in [4.78, 5) is 11.4. The number of hydrogen-bond donors (Lipinski definition) is 4. The highest BCUT2D eigenvalue weighted by Gasteiger charge is 2.30. The van der Waals surface area contributed by atoms with E-state index in [0.717, 1.165) is 57.6 Å². The number of fused-ring (bicyclic) bond motifs is 4. The van der Waals surface area contributed by atoms with Crippen LogP contribution < -0.4 is 15.2 Å². The van der Waals surface area contributed by atoms with Crippen molar-refractivity contribution < 1.29 is 15.0 Å². The van der Waals surface area contributed by atoms with Crippen LogP contribution in [0.25, 0.3) is 21.1 Å². The summed E-state index contributed by atoms with van der Waals surface area (Å²) >= 11 is 1.70. The first-order valence-corrected chi connectivity index (χ1v) is 13.0. The fourth-order valence-corrected chi connectivity index (χ4v) is 6.57. The number of nitrogens with one attached hydrogen (secondary N) is 3. The van der Waals surface area contributed by atoms with Crippen molar-refractivity contribution in [2.45, 2.75) is 38.7 Å². The fourth-order valence-electron chi connectivity index (χ4n) is 5.26. The Kier molecular flexibility index (Phi) is 6.02. The van der Waals surface area contributed by atoms with Crippen LogP contribution in [0, 0.1) is 11.1 Å². The number of hydrogen-bond acceptors (Lipinski definition) is 9. The van der Waals surface area contributed by atoms with Crippen LogP contribution in [0.4, 0.5) is 11.5 Å². The minimum absolute atomic E-state index is 0.163. The molecule has 1 aliphatic carbocycles. The van der Waals surface area contributed by atoms with Gasteiger partial charge in [-0.15, -0.1) is 11.3 Å². The van der Waals surface area contributed by atoms with Crippen molar-refractivity contribution in [3.8, 4) is 5.75 Å². The van der Waals surface area contributed by atoms with Gasteiger partial charge in [-0.2, -0.15) is 10.1 Å². The summed E-state index contributed by atoms with van der Waals surface area (Å²) in [6.07, 6.45) is 6.44. The van der Waals surface area contributed by atoms with Gasteiger partial charge in [-0.05, 0) is 44.2 Å². The van der Waals surface area contributed by atoms with Crippen molar-refractivity contribution >= 4 is 44.0 Å². The van der Waals surface area contributed by atoms with E-state index >= 15 is 0 Å². The molecule has 6 rings (SSSR count). The molecule has 0 amide bonds. The highest BCUT2D eigenvalue weighted by Crippen LogP contribution is 2.41. The second kappa shape index (κ2) is 9.32. The largest absolute Gasteiger partial charge is 0.613 e. The molecule has 1 aromatic carbocycles. The van der Waals surface area contributed by atoms with E-state index in [0.29, 0.717) is 38.6 Å². The third-order valence-electron chi connectivity index (χ3n) is 7.02. The Morgan fingerprint density at radius 2 is 2.26 bits per heavy atom. The Bertz CT molecular complexity index is 1360. The number of ether oxygens (including phenoxy) is 1. The lowest BCUT2D eigenvalue weighted by Gasteiger charge is -2.34. The summed E-state index contributed by atoms with van der Waals surface area (Å²) in [5.74, 6) is 1.83. The zero-order chi connectivity index (χ0) is 23.9. The average Bonchev–Trinajstić information content (AvgIpc) is 3.57. The smallest absolute Gasteiger partial charge is 0.144 e. The Labute approximate surface area is 206 Å². The number of anilines is 2. The predicted molar refractivity (Wildman–Crippen MR) is 135 cm³/mol. The number of quaternary nitrogens is 1. The molecule has 4 aromatic rings. The highest BCUT2D eigenvalue weighted by molar-refractivity contribution is 7.19. The molecule has 2 aliphatic rings. The van der Waals surface area contributed by atoms with Crippen molar-refractivity contribution in [2.24, 2.45) is 5.92 Å². The molecule has 0 radical (unpaired) electrons. The van der Waals surface area contributed by atoms with Gasteiger partial charge in [0.2, 0.25) is 0 Å². The van der Waals surface area contributed by atoms with E-state index in [1.807, 2.05) is 24.1 Å². The fraction of sp³-hybridized carbons (Fsp3) is 0.458. The number of aryl methyl sites for hydroxylation is 1. The molecule has 1 saturated heterocycles. The van der Waals surface area contributed by atoms with Gasteiger partial charge >= 0.3 is 0 Å². The third-order valence-corrected chi connectivity index (χ3v) is 8.18. The third kappa shape index (κ3) is 4.34. The maximum Gasteiger partial charge on any atom is 0.144 e. The average molecular weight is 496 g/mol. The van der Waals surface area contributed by atoms with Crippen molar-refractivity contribution in [3.63, 3.8) is 0 Å². The van der Waals surface area contributed by atoms with Crippen molar-refractivity contribution in [3.05, 3.63) is 40.3 Å². The van der Waals surface area contributed by atoms with Gasteiger partial charge in [0.25, 0.3) is 0 Å². The first kappa shape index (κ1) is 22.6. The lowest BCUT2D eigenvalue weighted by atomic mass is 9.88. The highest BCUT2D eigenvalue weighted by atomic mass is 32.1. The molecule has 2 unspecified atom stereocenters. The van der Waals surface area contributed by atoms with Crippen LogP contribution >= 0.6 is 11.3 Å². The van der Waals surface area contributed by atoms with E-state index in [4.69, 9.17) is 4.74 Å². The van der Waals surface area contributed by atoms with E-state index < -0.39 is 0 Å². The van der Waals surface area contributed by atoms with Gasteiger partial charge < -0.3 is 20.4 Å². The topological polar surface area (TPSA) is 127 Å². The first-order valence-electron chi connectivity index (χ1n) is 12.2. The van der Waals surface area contributed by atoms with Crippen LogP contribution in [0.5, 0.6) is 5.75 Å². The summed E-state index contributed by atoms with van der Waals surface area (Å²) in [6, 6.07) is 3.98. The SMILES string of the molecule is CCOc1cc2[nH]ncc2cc1Nc1ncnc2sc3c(c12)CCC(C[NH+]([O-])N1CC[C@@H](O)C1)C3. The molecule has 10 nitrogen and oxygen atoms in total. The van der Waals surface area contributed by atoms with Gasteiger partial charge in [-0.25, -0.2) is 9.97 Å². The first-order chi connectivity index (χ1) is 17.1. The van der Waals surface area contributed by atoms with Gasteiger partial charge in [-0.1, -0.05) is 0 Å². The van der Waals surface area contributed by atoms with Crippen LogP contribution in [0.2, 0.25) is 0 Å². The number of aliphatic hydroxyl groups excluding tert-OH is 1. The monoisotopic (exact) mass is 495 g/mol. The second-order valence-electron chi connectivity index (χ2n) is 9.37. The number of aliphatic hydroxyl groups is 1. The van der Waals surface area contributed by atoms with Gasteiger partial charge in [0.1, 0.15) is 22.7 Å². The molecule has 0 bridgehead atoms. The number of aromatic nitrogens is 4. The van der Waals surface area contributed by atoms with Gasteiger partial charge in [0.15, 0.2) is 0 Å². The minimum Gasteiger partial charge on any atom is -0.613 e. The van der Waals surface area contributed by atoms with Crippen LogP contribution in [0.3, 0.4) is 0 Å². The Morgan fingerprint density at radius 3 is 3.09 bits per heavy atom. The molecular formula is C24H29N7O3S. The zero-order valence-corrected chi connectivity index (χ0v) is 20.4. The van der Waals surface area contributed by atoms with E-state index in [9.17, 15) is 10.3 Å². The van der Waals surface area contributed by atoms with E-state index in [-0.39, 0.29) is 11.3 Å². The summed E-state index contributed by atoms with van der Waals surface area (Å²) in [5, 5.41) is 37.2. The van der Waals surface area contributed by atoms with E-state index in [1.54, 1.807) is 23.9 Å². The molecule has 4 heterocycles. The zero-order valence-electron chi connectivity index (χ0n) is 19.6. The lowest BCUT2D eigenvalue weighted by Crippen LogP contribution is -3.14. The molecule has 184 valence electrons. The Balaban J connectivity index is 1.27. The van der Waals surface area contributed by atoms with Crippen molar-refractivity contribution in [1.82, 2.24) is 25.2 Å². The normalized spacial score (nSPS) is 21.5. The minimum atomic E-state index is -0.374. The van der Waals surface area contributed by atoms with Crippen LogP contribution in [-0.4, -0.2) is 62.6 Å². The molecule has 11 heteroatoms. The maximum atomic E-state index is 12.7.